The molecular formula is C55H75N8O11PSi2. The summed E-state index contributed by atoms with van der Waals surface area (Å²) in [5.41, 5.74) is -0.0570. The van der Waals surface area contributed by atoms with Crippen molar-refractivity contribution in [2.45, 2.75) is 141 Å². The van der Waals surface area contributed by atoms with Crippen LogP contribution in [-0.2, 0) is 36.7 Å². The lowest BCUT2D eigenvalue weighted by Gasteiger charge is -2.43. The number of rotatable bonds is 21. The molecule has 2 fully saturated rings. The van der Waals surface area contributed by atoms with Gasteiger partial charge in [-0.15, -0.1) is 0 Å². The minimum Gasteiger partial charge on any atom is -0.411 e. The number of anilines is 1. The molecule has 2 saturated heterocycles. The maximum atomic E-state index is 13.5. The van der Waals surface area contributed by atoms with Gasteiger partial charge in [0, 0.05) is 37.1 Å². The van der Waals surface area contributed by atoms with E-state index in [0.717, 1.165) is 15.9 Å². The van der Waals surface area contributed by atoms with Crippen molar-refractivity contribution >= 4 is 58.6 Å². The van der Waals surface area contributed by atoms with E-state index in [1.54, 1.807) is 25.3 Å². The first-order valence-corrected chi connectivity index (χ1v) is 32.2. The highest BCUT2D eigenvalue weighted by Crippen LogP contribution is 2.51. The maximum absolute atomic E-state index is 13.5. The van der Waals surface area contributed by atoms with Crippen molar-refractivity contribution in [3.05, 3.63) is 146 Å². The van der Waals surface area contributed by atoms with E-state index in [9.17, 15) is 19.2 Å². The molecule has 414 valence electrons. The van der Waals surface area contributed by atoms with E-state index >= 15 is 0 Å². The highest BCUT2D eigenvalue weighted by molar-refractivity contribution is 7.41. The van der Waals surface area contributed by atoms with Crippen molar-refractivity contribution in [1.29, 1.82) is 0 Å². The molecule has 4 N–H and O–H groups in total. The van der Waals surface area contributed by atoms with Crippen LogP contribution in [0.25, 0.3) is 11.2 Å². The number of benzene rings is 3. The van der Waals surface area contributed by atoms with E-state index in [0.29, 0.717) is 18.5 Å². The third-order valence-electron chi connectivity index (χ3n) is 14.8. The van der Waals surface area contributed by atoms with E-state index in [-0.39, 0.29) is 58.6 Å². The average molecular weight is 1110 g/mol. The Hall–Kier alpha value is -5.30. The standard InChI is InChI=1S/C55H75N8O11PSi2/c1-35(2)49(64)59-52-58-48-47(51(66)60-52)57-34-63(48)46-28-40(44(71-46)33-69-77(55(7,8)9,38-24-18-14-19-25-38)39-26-20-15-21-27-39)72-75(73-42(30-56-10)37-22-16-13-17-23-37)68-32-43-41(74-76(11,12)54(4,5)6)29-45(70-43)62-31-36(3)50(65)61-53(62)67/h13-27,31,34-35,40-46,56H,28-30,32-33H2,1-12H3,(H,61,65,67)(H2,58,59,60,64,66)/t40-,41-,42-,43+,44+,45+,46+,75+/m0/s1. The number of aryl methyl sites for hydroxylation is 1. The third-order valence-corrected chi connectivity index (χ3v) is 25.5. The van der Waals surface area contributed by atoms with Crippen LogP contribution in [0.3, 0.4) is 0 Å². The van der Waals surface area contributed by atoms with Gasteiger partial charge in [-0.25, -0.2) is 9.78 Å². The number of hydrogen-bond acceptors (Lipinski definition) is 14. The number of imidazole rings is 1. The largest absolute Gasteiger partial charge is 0.411 e. The summed E-state index contributed by atoms with van der Waals surface area (Å²) < 4.78 is 52.6. The summed E-state index contributed by atoms with van der Waals surface area (Å²) in [6.45, 7) is 23.0. The Morgan fingerprint density at radius 1 is 0.805 bits per heavy atom. The monoisotopic (exact) mass is 1110 g/mol. The van der Waals surface area contributed by atoms with Gasteiger partial charge in [-0.1, -0.05) is 146 Å². The molecule has 0 aliphatic carbocycles. The normalized spacial score (nSPS) is 21.2. The first kappa shape index (κ1) is 57.9. The summed E-state index contributed by atoms with van der Waals surface area (Å²) in [5.74, 6) is -0.708. The summed E-state index contributed by atoms with van der Waals surface area (Å²) in [7, 11) is -6.02. The summed E-state index contributed by atoms with van der Waals surface area (Å²) in [5, 5.41) is 7.63. The zero-order chi connectivity index (χ0) is 55.5. The minimum absolute atomic E-state index is 0.0186. The molecule has 3 aromatic carbocycles. The zero-order valence-electron chi connectivity index (χ0n) is 46.2. The number of likely N-dealkylation sites (N-methyl/N-ethyl adjacent to an activating group) is 1. The number of carbonyl (C=O) groups is 1. The summed E-state index contributed by atoms with van der Waals surface area (Å²) in [6, 6.07) is 30.5. The fourth-order valence-corrected chi connectivity index (χ4v) is 16.8. The van der Waals surface area contributed by atoms with E-state index in [2.05, 4.69) is 109 Å². The van der Waals surface area contributed by atoms with Gasteiger partial charge in [0.15, 0.2) is 19.5 Å². The van der Waals surface area contributed by atoms with Crippen LogP contribution in [0.5, 0.6) is 0 Å². The van der Waals surface area contributed by atoms with Gasteiger partial charge in [0.1, 0.15) is 30.8 Å². The lowest BCUT2D eigenvalue weighted by Crippen LogP contribution is -2.67. The van der Waals surface area contributed by atoms with Crippen LogP contribution >= 0.6 is 8.60 Å². The predicted octanol–water partition coefficient (Wildman–Crippen LogP) is 7.72. The fourth-order valence-electron chi connectivity index (χ4n) is 9.56. The third kappa shape index (κ3) is 12.9. The molecule has 3 aromatic heterocycles. The molecule has 19 nitrogen and oxygen atoms in total. The number of H-pyrrole nitrogens is 2. The molecule has 0 spiro atoms. The smallest absolute Gasteiger partial charge is 0.333 e. The van der Waals surface area contributed by atoms with Gasteiger partial charge in [0.05, 0.1) is 31.7 Å². The van der Waals surface area contributed by atoms with Gasteiger partial charge in [-0.3, -0.25) is 38.8 Å². The molecule has 5 heterocycles. The number of nitrogens with one attached hydrogen (secondary N) is 4. The lowest BCUT2D eigenvalue weighted by atomic mass is 10.1. The highest BCUT2D eigenvalue weighted by atomic mass is 31.2. The van der Waals surface area contributed by atoms with Gasteiger partial charge in [-0.2, -0.15) is 4.98 Å². The molecule has 2 aliphatic rings. The summed E-state index contributed by atoms with van der Waals surface area (Å²) in [6.07, 6.45) is -1.26. The van der Waals surface area contributed by atoms with E-state index in [1.165, 1.54) is 17.1 Å². The molecule has 22 heteroatoms. The average Bonchev–Trinajstić information content (AvgIpc) is 4.15. The number of nitrogens with zero attached hydrogens (tertiary/aromatic N) is 4. The second-order valence-corrected chi connectivity index (χ2v) is 32.9. The van der Waals surface area contributed by atoms with Gasteiger partial charge in [-0.05, 0) is 53.1 Å². The SMILES string of the molecule is CNC[C@H](O[P@](OC[C@H]1O[C@@H](n2cc(C)c(=O)[nH]c2=O)C[C@@H]1O[Si](C)(C)C(C)(C)C)O[C@H]1C[C@H](n2cnc3c(=O)[nH]c(NC(=O)C(C)C)nc32)O[C@@H]1CO[Si](c1ccccc1)(c1ccccc1)C(C)(C)C)c1ccccc1. The van der Waals surface area contributed by atoms with Crippen molar-refractivity contribution in [3.8, 4) is 0 Å². The van der Waals surface area contributed by atoms with Crippen LogP contribution in [0.15, 0.2) is 118 Å². The van der Waals surface area contributed by atoms with Crippen LogP contribution < -0.4 is 37.8 Å². The summed E-state index contributed by atoms with van der Waals surface area (Å²) >= 11 is 0. The number of amides is 1. The van der Waals surface area contributed by atoms with Crippen LogP contribution in [0, 0.1) is 12.8 Å². The number of aromatic nitrogens is 6. The Labute approximate surface area is 453 Å². The Kier molecular flexibility index (Phi) is 18.0. The van der Waals surface area contributed by atoms with Crippen LogP contribution in [-0.4, -0.2) is 103 Å². The molecule has 0 radical (unpaired) electrons. The highest BCUT2D eigenvalue weighted by Gasteiger charge is 2.52. The quantitative estimate of drug-likeness (QED) is 0.0400. The second-order valence-electron chi connectivity index (χ2n) is 22.7. The second kappa shape index (κ2) is 24.0. The Bertz CT molecular complexity index is 3090. The molecule has 0 bridgehead atoms. The number of hydrogen-bond donors (Lipinski definition) is 4. The van der Waals surface area contributed by atoms with E-state index in [4.69, 9.17) is 31.9 Å². The molecule has 0 saturated carbocycles. The molecule has 2 aliphatic heterocycles. The Morgan fingerprint density at radius 2 is 1.39 bits per heavy atom. The topological polar surface area (TPSA) is 224 Å². The van der Waals surface area contributed by atoms with Crippen LogP contribution in [0.2, 0.25) is 23.2 Å². The number of ether oxygens (including phenoxy) is 2. The molecule has 1 amide bonds. The number of fused-ring (bicyclic) bond motifs is 1. The van der Waals surface area contributed by atoms with Crippen molar-refractivity contribution in [2.75, 3.05) is 32.1 Å². The summed E-state index contributed by atoms with van der Waals surface area (Å²) in [4.78, 5) is 66.3. The molecule has 8 atom stereocenters. The Morgan fingerprint density at radius 3 is 1.97 bits per heavy atom. The molecular weight excluding hydrogens is 1040 g/mol. The first-order valence-electron chi connectivity index (χ1n) is 26.3. The van der Waals surface area contributed by atoms with Crippen molar-refractivity contribution in [2.24, 2.45) is 5.92 Å². The van der Waals surface area contributed by atoms with Gasteiger partial charge in [0.2, 0.25) is 11.9 Å². The minimum atomic E-state index is -3.15. The molecule has 6 aromatic rings. The zero-order valence-corrected chi connectivity index (χ0v) is 49.1. The van der Waals surface area contributed by atoms with Gasteiger partial charge >= 0.3 is 14.3 Å². The van der Waals surface area contributed by atoms with E-state index < -0.39 is 85.0 Å². The van der Waals surface area contributed by atoms with Gasteiger partial charge in [0.25, 0.3) is 19.4 Å². The Balaban J connectivity index is 1.19. The van der Waals surface area contributed by atoms with Crippen LogP contribution in [0.4, 0.5) is 5.95 Å². The van der Waals surface area contributed by atoms with E-state index in [1.807, 2.05) is 73.8 Å². The van der Waals surface area contributed by atoms with Gasteiger partial charge < -0.3 is 37.2 Å². The molecule has 8 rings (SSSR count). The lowest BCUT2D eigenvalue weighted by molar-refractivity contribution is -0.118. The number of aromatic amines is 2. The molecule has 77 heavy (non-hydrogen) atoms. The first-order chi connectivity index (χ1) is 36.5. The number of carbonyl (C=O) groups excluding carboxylic acids is 1. The maximum Gasteiger partial charge on any atom is 0.333 e. The van der Waals surface area contributed by atoms with Crippen molar-refractivity contribution in [1.82, 2.24) is 34.4 Å². The van der Waals surface area contributed by atoms with Crippen LogP contribution in [0.1, 0.15) is 97.9 Å². The van der Waals surface area contributed by atoms with Crippen molar-refractivity contribution in [3.63, 3.8) is 0 Å². The van der Waals surface area contributed by atoms with Crippen molar-refractivity contribution < 1.29 is 36.7 Å². The predicted molar refractivity (Wildman–Crippen MR) is 302 cm³/mol. The fraction of sp³-hybridized carbons (Fsp3) is 0.491. The molecule has 0 unspecified atom stereocenters.